The Hall–Kier alpha value is -0.860. The molecule has 0 heterocycles. The van der Waals surface area contributed by atoms with Crippen molar-refractivity contribution in [2.45, 2.75) is 33.6 Å². The molecule has 1 rings (SSSR count). The van der Waals surface area contributed by atoms with Gasteiger partial charge in [-0.25, -0.2) is 0 Å². The van der Waals surface area contributed by atoms with Crippen molar-refractivity contribution in [2.24, 2.45) is 10.8 Å². The first kappa shape index (κ1) is 9.23. The van der Waals surface area contributed by atoms with Crippen LogP contribution in [0.2, 0.25) is 0 Å². The summed E-state index contributed by atoms with van der Waals surface area (Å²) in [6.07, 6.45) is 0.837. The lowest BCUT2D eigenvalue weighted by molar-refractivity contribution is -0.152. The Morgan fingerprint density at radius 3 is 2.08 bits per heavy atom. The Balaban J connectivity index is 2.97. The van der Waals surface area contributed by atoms with Gasteiger partial charge in [-0.15, -0.1) is 0 Å². The van der Waals surface area contributed by atoms with Crippen LogP contribution in [-0.4, -0.2) is 16.9 Å². The van der Waals surface area contributed by atoms with Crippen molar-refractivity contribution in [2.75, 3.05) is 0 Å². The van der Waals surface area contributed by atoms with Crippen LogP contribution in [0.3, 0.4) is 0 Å². The Morgan fingerprint density at radius 2 is 1.92 bits per heavy atom. The molecule has 0 spiro atoms. The average Bonchev–Trinajstić information content (AvgIpc) is 2.03. The molecule has 0 aromatic rings. The summed E-state index contributed by atoms with van der Waals surface area (Å²) >= 11 is 0. The normalized spacial score (nSPS) is 33.8. The van der Waals surface area contributed by atoms with Crippen LogP contribution in [-0.2, 0) is 9.59 Å². The minimum absolute atomic E-state index is 0.139. The number of carbonyl (C=O) groups is 2. The van der Waals surface area contributed by atoms with Crippen LogP contribution >= 0.6 is 0 Å². The fourth-order valence-corrected chi connectivity index (χ4v) is 1.94. The smallest absolute Gasteiger partial charge is 0.316 e. The SMILES string of the molecule is CC1(C)CC(=O)C(C)(C(=O)O)C1. The second-order valence-electron chi connectivity index (χ2n) is 4.58. The molecular formula is C9H14O3. The molecule has 1 atom stereocenters. The fourth-order valence-electron chi connectivity index (χ4n) is 1.94. The van der Waals surface area contributed by atoms with E-state index in [1.165, 1.54) is 6.92 Å². The number of ketones is 1. The summed E-state index contributed by atoms with van der Waals surface area (Å²) in [7, 11) is 0. The van der Waals surface area contributed by atoms with E-state index in [4.69, 9.17) is 5.11 Å². The van der Waals surface area contributed by atoms with E-state index < -0.39 is 11.4 Å². The number of Topliss-reactive ketones (excluding diaryl/α,β-unsaturated/α-hetero) is 1. The first-order valence-electron chi connectivity index (χ1n) is 4.05. The molecule has 0 aromatic carbocycles. The molecule has 1 fully saturated rings. The highest BCUT2D eigenvalue weighted by Crippen LogP contribution is 2.46. The quantitative estimate of drug-likeness (QED) is 0.606. The van der Waals surface area contributed by atoms with Gasteiger partial charge in [0, 0.05) is 6.42 Å². The Labute approximate surface area is 71.8 Å². The van der Waals surface area contributed by atoms with Crippen LogP contribution in [0.4, 0.5) is 0 Å². The predicted octanol–water partition coefficient (Wildman–Crippen LogP) is 1.47. The molecule has 3 heteroatoms. The topological polar surface area (TPSA) is 54.4 Å². The number of rotatable bonds is 1. The molecule has 1 unspecified atom stereocenters. The minimum atomic E-state index is -1.14. The molecule has 0 radical (unpaired) electrons. The minimum Gasteiger partial charge on any atom is -0.481 e. The summed E-state index contributed by atoms with van der Waals surface area (Å²) in [6, 6.07) is 0. The molecule has 3 nitrogen and oxygen atoms in total. The van der Waals surface area contributed by atoms with Crippen molar-refractivity contribution in [3.05, 3.63) is 0 Å². The molecular weight excluding hydrogens is 156 g/mol. The van der Waals surface area contributed by atoms with Gasteiger partial charge >= 0.3 is 5.97 Å². The maximum Gasteiger partial charge on any atom is 0.316 e. The zero-order chi connectivity index (χ0) is 9.57. The van der Waals surface area contributed by atoms with Gasteiger partial charge in [-0.3, -0.25) is 9.59 Å². The zero-order valence-corrected chi connectivity index (χ0v) is 7.68. The third-order valence-electron chi connectivity index (χ3n) is 2.56. The molecule has 1 N–H and O–H groups in total. The van der Waals surface area contributed by atoms with E-state index in [-0.39, 0.29) is 11.2 Å². The van der Waals surface area contributed by atoms with Gasteiger partial charge in [0.1, 0.15) is 11.2 Å². The van der Waals surface area contributed by atoms with Crippen LogP contribution in [0.5, 0.6) is 0 Å². The van der Waals surface area contributed by atoms with Crippen LogP contribution < -0.4 is 0 Å². The summed E-state index contributed by atoms with van der Waals surface area (Å²) in [5.41, 5.74) is -1.28. The molecule has 0 aromatic heterocycles. The van der Waals surface area contributed by atoms with Gasteiger partial charge in [-0.1, -0.05) is 13.8 Å². The third-order valence-corrected chi connectivity index (χ3v) is 2.56. The van der Waals surface area contributed by atoms with E-state index >= 15 is 0 Å². The number of hydrogen-bond acceptors (Lipinski definition) is 2. The fraction of sp³-hybridized carbons (Fsp3) is 0.778. The maximum absolute atomic E-state index is 11.4. The second kappa shape index (κ2) is 2.31. The Bertz CT molecular complexity index is 242. The lowest BCUT2D eigenvalue weighted by Gasteiger charge is -2.19. The molecule has 12 heavy (non-hydrogen) atoms. The van der Waals surface area contributed by atoms with E-state index in [2.05, 4.69) is 0 Å². The maximum atomic E-state index is 11.4. The lowest BCUT2D eigenvalue weighted by atomic mass is 9.83. The van der Waals surface area contributed by atoms with Gasteiger partial charge in [0.2, 0.25) is 0 Å². The van der Waals surface area contributed by atoms with Crippen molar-refractivity contribution in [3.8, 4) is 0 Å². The number of carbonyl (C=O) groups excluding carboxylic acids is 1. The number of carboxylic acid groups (broad SMARTS) is 1. The van der Waals surface area contributed by atoms with Crippen LogP contribution in [0.15, 0.2) is 0 Å². The van der Waals surface area contributed by atoms with Gasteiger partial charge in [0.25, 0.3) is 0 Å². The van der Waals surface area contributed by atoms with Crippen molar-refractivity contribution >= 4 is 11.8 Å². The van der Waals surface area contributed by atoms with Gasteiger partial charge in [0.15, 0.2) is 0 Å². The summed E-state index contributed by atoms with van der Waals surface area (Å²) in [4.78, 5) is 22.2. The van der Waals surface area contributed by atoms with Gasteiger partial charge in [-0.05, 0) is 18.8 Å². The monoisotopic (exact) mass is 170 g/mol. The highest BCUT2D eigenvalue weighted by Gasteiger charge is 2.51. The first-order chi connectivity index (χ1) is 5.28. The molecule has 1 saturated carbocycles. The Kier molecular flexibility index (Phi) is 1.78. The molecule has 1 aliphatic carbocycles. The van der Waals surface area contributed by atoms with Crippen LogP contribution in [0, 0.1) is 10.8 Å². The van der Waals surface area contributed by atoms with Crippen molar-refractivity contribution < 1.29 is 14.7 Å². The summed E-state index contributed by atoms with van der Waals surface area (Å²) < 4.78 is 0. The number of carboxylic acids is 1. The van der Waals surface area contributed by atoms with E-state index in [9.17, 15) is 9.59 Å². The van der Waals surface area contributed by atoms with Crippen LogP contribution in [0.1, 0.15) is 33.6 Å². The molecule has 0 aliphatic heterocycles. The lowest BCUT2D eigenvalue weighted by Crippen LogP contribution is -2.31. The summed E-state index contributed by atoms with van der Waals surface area (Å²) in [5.74, 6) is -1.13. The Morgan fingerprint density at radius 1 is 1.42 bits per heavy atom. The van der Waals surface area contributed by atoms with E-state index in [1.807, 2.05) is 13.8 Å². The van der Waals surface area contributed by atoms with Crippen LogP contribution in [0.25, 0.3) is 0 Å². The molecule has 68 valence electrons. The average molecular weight is 170 g/mol. The standard InChI is InChI=1S/C9H14O3/c1-8(2)4-6(10)9(3,5-8)7(11)12/h4-5H2,1-3H3,(H,11,12). The van der Waals surface area contributed by atoms with E-state index in [0.717, 1.165) is 0 Å². The molecule has 1 aliphatic rings. The largest absolute Gasteiger partial charge is 0.481 e. The number of aliphatic carboxylic acids is 1. The van der Waals surface area contributed by atoms with Crippen molar-refractivity contribution in [1.29, 1.82) is 0 Å². The van der Waals surface area contributed by atoms with Crippen molar-refractivity contribution in [1.82, 2.24) is 0 Å². The highest BCUT2D eigenvalue weighted by molar-refractivity contribution is 6.04. The predicted molar refractivity (Wildman–Crippen MR) is 43.8 cm³/mol. The summed E-state index contributed by atoms with van der Waals surface area (Å²) in [5, 5.41) is 8.85. The van der Waals surface area contributed by atoms with Gasteiger partial charge in [-0.2, -0.15) is 0 Å². The first-order valence-corrected chi connectivity index (χ1v) is 4.05. The second-order valence-corrected chi connectivity index (χ2v) is 4.58. The van der Waals surface area contributed by atoms with Gasteiger partial charge < -0.3 is 5.11 Å². The molecule has 0 amide bonds. The summed E-state index contributed by atoms with van der Waals surface area (Å²) in [6.45, 7) is 5.38. The molecule has 0 saturated heterocycles. The zero-order valence-electron chi connectivity index (χ0n) is 7.68. The molecule has 0 bridgehead atoms. The van der Waals surface area contributed by atoms with E-state index in [0.29, 0.717) is 12.8 Å². The van der Waals surface area contributed by atoms with Crippen molar-refractivity contribution in [3.63, 3.8) is 0 Å². The van der Waals surface area contributed by atoms with Gasteiger partial charge in [0.05, 0.1) is 0 Å². The van der Waals surface area contributed by atoms with E-state index in [1.54, 1.807) is 0 Å². The number of hydrogen-bond donors (Lipinski definition) is 1. The third kappa shape index (κ3) is 1.24. The highest BCUT2D eigenvalue weighted by atomic mass is 16.4.